The molecule has 0 radical (unpaired) electrons. The van der Waals surface area contributed by atoms with Gasteiger partial charge in [0.25, 0.3) is 0 Å². The van der Waals surface area contributed by atoms with Crippen molar-refractivity contribution in [3.05, 3.63) is 66.0 Å². The minimum absolute atomic E-state index is 0. The molecule has 0 saturated heterocycles. The van der Waals surface area contributed by atoms with Crippen molar-refractivity contribution in [2.45, 2.75) is 6.42 Å². The number of fused-ring (bicyclic) bond motifs is 1. The van der Waals surface area contributed by atoms with Crippen LogP contribution in [-0.4, -0.2) is 32.1 Å². The zero-order valence-electron chi connectivity index (χ0n) is 14.5. The number of rotatable bonds is 6. The number of benzene rings is 2. The van der Waals surface area contributed by atoms with Crippen molar-refractivity contribution in [2.75, 3.05) is 27.2 Å². The first-order valence-corrected chi connectivity index (χ1v) is 8.13. The van der Waals surface area contributed by atoms with Crippen molar-refractivity contribution < 1.29 is 9.25 Å². The van der Waals surface area contributed by atoms with Crippen LogP contribution in [0.2, 0.25) is 0 Å². The van der Waals surface area contributed by atoms with Gasteiger partial charge < -0.3 is 14.2 Å². The number of nitrogens with zero attached hydrogens (tertiary/aromatic N) is 2. The van der Waals surface area contributed by atoms with Gasteiger partial charge >= 0.3 is 0 Å². The minimum Gasteiger partial charge on any atom is -0.456 e. The highest BCUT2D eigenvalue weighted by Gasteiger charge is 2.05. The largest absolute Gasteiger partial charge is 0.456 e. The lowest BCUT2D eigenvalue weighted by atomic mass is 10.1. The van der Waals surface area contributed by atoms with Crippen LogP contribution in [-0.2, 0) is 4.84 Å². The Balaban J connectivity index is 0.00000225. The van der Waals surface area contributed by atoms with E-state index in [0.717, 1.165) is 40.6 Å². The molecule has 0 amide bonds. The van der Waals surface area contributed by atoms with Crippen molar-refractivity contribution in [2.24, 2.45) is 5.16 Å². The van der Waals surface area contributed by atoms with Crippen molar-refractivity contribution in [1.29, 1.82) is 0 Å². The predicted molar refractivity (Wildman–Crippen MR) is 104 cm³/mol. The molecule has 3 rings (SSSR count). The fourth-order valence-electron chi connectivity index (χ4n) is 2.50. The van der Waals surface area contributed by atoms with Gasteiger partial charge in [0.05, 0.1) is 0 Å². The van der Waals surface area contributed by atoms with Crippen LogP contribution in [0.4, 0.5) is 0 Å². The lowest BCUT2D eigenvalue weighted by molar-refractivity contribution is 0.125. The van der Waals surface area contributed by atoms with Gasteiger partial charge in [-0.1, -0.05) is 47.6 Å². The van der Waals surface area contributed by atoms with E-state index in [0.29, 0.717) is 6.61 Å². The summed E-state index contributed by atoms with van der Waals surface area (Å²) < 4.78 is 6.03. The molecule has 0 saturated carbocycles. The van der Waals surface area contributed by atoms with E-state index in [1.165, 1.54) is 0 Å². The maximum atomic E-state index is 6.03. The van der Waals surface area contributed by atoms with Gasteiger partial charge in [-0.2, -0.15) is 0 Å². The van der Waals surface area contributed by atoms with Gasteiger partial charge in [-0.15, -0.1) is 12.4 Å². The summed E-state index contributed by atoms with van der Waals surface area (Å²) in [7, 11) is 4.10. The summed E-state index contributed by atoms with van der Waals surface area (Å²) in [5.41, 5.74) is 1.82. The van der Waals surface area contributed by atoms with E-state index in [4.69, 9.17) is 9.25 Å². The molecule has 0 bridgehead atoms. The molecule has 25 heavy (non-hydrogen) atoms. The van der Waals surface area contributed by atoms with Crippen LogP contribution in [0.3, 0.4) is 0 Å². The van der Waals surface area contributed by atoms with E-state index < -0.39 is 0 Å². The molecule has 2 aromatic carbocycles. The first-order valence-electron chi connectivity index (χ1n) is 8.13. The molecule has 1 heterocycles. The van der Waals surface area contributed by atoms with Crippen molar-refractivity contribution in [3.63, 3.8) is 0 Å². The second-order valence-electron chi connectivity index (χ2n) is 5.94. The highest BCUT2D eigenvalue weighted by atomic mass is 35.5. The van der Waals surface area contributed by atoms with Crippen LogP contribution in [0.25, 0.3) is 22.3 Å². The van der Waals surface area contributed by atoms with Gasteiger partial charge in [-0.25, -0.2) is 0 Å². The predicted octanol–water partition coefficient (Wildman–Crippen LogP) is 4.31. The summed E-state index contributed by atoms with van der Waals surface area (Å²) in [6, 6.07) is 19.8. The van der Waals surface area contributed by atoms with E-state index in [1.807, 2.05) is 60.7 Å². The maximum Gasteiger partial charge on any atom is 0.136 e. The molecule has 0 unspecified atom stereocenters. The molecule has 0 atom stereocenters. The first-order chi connectivity index (χ1) is 11.7. The van der Waals surface area contributed by atoms with Crippen molar-refractivity contribution in [3.8, 4) is 11.3 Å². The number of hydrogen-bond donors (Lipinski definition) is 0. The number of para-hydroxylation sites is 1. The average Bonchev–Trinajstić information content (AvgIpc) is 2.61. The molecule has 4 nitrogen and oxygen atoms in total. The van der Waals surface area contributed by atoms with Gasteiger partial charge in [-0.3, -0.25) is 0 Å². The highest BCUT2D eigenvalue weighted by Crippen LogP contribution is 2.21. The summed E-state index contributed by atoms with van der Waals surface area (Å²) in [5.74, 6) is 0.782. The molecule has 5 heteroatoms. The second-order valence-corrected chi connectivity index (χ2v) is 5.94. The van der Waals surface area contributed by atoms with Crippen LogP contribution < -0.4 is 5.36 Å². The van der Waals surface area contributed by atoms with E-state index in [-0.39, 0.29) is 12.4 Å². The van der Waals surface area contributed by atoms with E-state index in [1.54, 1.807) is 0 Å². The summed E-state index contributed by atoms with van der Waals surface area (Å²) in [6.45, 7) is 1.58. The Labute approximate surface area is 154 Å². The molecule has 0 fully saturated rings. The third-order valence-corrected chi connectivity index (χ3v) is 3.71. The summed E-state index contributed by atoms with van der Waals surface area (Å²) >= 11 is 0. The Kier molecular flexibility index (Phi) is 7.04. The second kappa shape index (κ2) is 9.25. The molecule has 0 aliphatic rings. The van der Waals surface area contributed by atoms with Crippen LogP contribution in [0.15, 0.2) is 70.2 Å². The summed E-state index contributed by atoms with van der Waals surface area (Å²) in [4.78, 5) is 7.66. The van der Waals surface area contributed by atoms with Crippen LogP contribution in [0, 0.1) is 0 Å². The Morgan fingerprint density at radius 1 is 1.00 bits per heavy atom. The summed E-state index contributed by atoms with van der Waals surface area (Å²) in [6.07, 6.45) is 0.942. The molecule has 0 N–H and O–H groups in total. The zero-order chi connectivity index (χ0) is 16.8. The molecular weight excluding hydrogens is 336 g/mol. The molecule has 0 spiro atoms. The molecular formula is C20H23ClN2O2. The number of hydrogen-bond acceptors (Lipinski definition) is 4. The van der Waals surface area contributed by atoms with Crippen LogP contribution >= 0.6 is 12.4 Å². The fraction of sp³-hybridized carbons (Fsp3) is 0.250. The zero-order valence-corrected chi connectivity index (χ0v) is 15.3. The van der Waals surface area contributed by atoms with Crippen LogP contribution in [0.5, 0.6) is 0 Å². The third kappa shape index (κ3) is 5.08. The van der Waals surface area contributed by atoms with Gasteiger partial charge in [0, 0.05) is 23.6 Å². The molecule has 132 valence electrons. The Morgan fingerprint density at radius 3 is 2.48 bits per heavy atom. The standard InChI is InChI=1S/C20H22N2O2.ClH/c1-22(2)13-8-14-23-21-18-15-20(16-9-4-3-5-10-16)24-19-12-7-6-11-17(18)19;/h3-7,9-12,15H,8,13-14H2,1-2H3;1H/b21-18+;. The van der Waals surface area contributed by atoms with Crippen molar-refractivity contribution in [1.82, 2.24) is 4.90 Å². The van der Waals surface area contributed by atoms with Gasteiger partial charge in [0.1, 0.15) is 23.3 Å². The monoisotopic (exact) mass is 358 g/mol. The lowest BCUT2D eigenvalue weighted by Crippen LogP contribution is -2.14. The van der Waals surface area contributed by atoms with Gasteiger partial charge in [0.15, 0.2) is 0 Å². The fourth-order valence-corrected chi connectivity index (χ4v) is 2.50. The normalized spacial score (nSPS) is 11.6. The Bertz CT molecular complexity index is 860. The smallest absolute Gasteiger partial charge is 0.136 e. The molecule has 3 aromatic rings. The number of halogens is 1. The SMILES string of the molecule is CN(C)CCCO/N=c1\cc(-c2ccccc2)oc2ccccc12.Cl. The molecule has 0 aliphatic heterocycles. The average molecular weight is 359 g/mol. The Hall–Kier alpha value is -2.30. The third-order valence-electron chi connectivity index (χ3n) is 3.71. The first kappa shape index (κ1) is 19.0. The lowest BCUT2D eigenvalue weighted by Gasteiger charge is -2.08. The maximum absolute atomic E-state index is 6.03. The van der Waals surface area contributed by atoms with E-state index >= 15 is 0 Å². The molecule has 0 aliphatic carbocycles. The van der Waals surface area contributed by atoms with Crippen molar-refractivity contribution >= 4 is 23.4 Å². The quantitative estimate of drug-likeness (QED) is 0.487. The Morgan fingerprint density at radius 2 is 1.72 bits per heavy atom. The highest BCUT2D eigenvalue weighted by molar-refractivity contribution is 5.85. The van der Waals surface area contributed by atoms with E-state index in [2.05, 4.69) is 24.2 Å². The van der Waals surface area contributed by atoms with Crippen LogP contribution in [0.1, 0.15) is 6.42 Å². The minimum atomic E-state index is 0. The van der Waals surface area contributed by atoms with Gasteiger partial charge in [0.2, 0.25) is 0 Å². The topological polar surface area (TPSA) is 38.0 Å². The van der Waals surface area contributed by atoms with Gasteiger partial charge in [-0.05, 0) is 32.6 Å². The summed E-state index contributed by atoms with van der Waals surface area (Å²) in [5, 5.41) is 6.08. The molecule has 1 aromatic heterocycles. The van der Waals surface area contributed by atoms with E-state index in [9.17, 15) is 0 Å².